The van der Waals surface area contributed by atoms with Crippen molar-refractivity contribution in [3.8, 4) is 5.75 Å². The summed E-state index contributed by atoms with van der Waals surface area (Å²) >= 11 is 5.35. The number of phenolic OH excluding ortho intramolecular Hbond substituents is 1. The Morgan fingerprint density at radius 3 is 2.70 bits per heavy atom. The molecule has 0 heterocycles. The number of hydrogen-bond acceptors (Lipinski definition) is 1. The van der Waals surface area contributed by atoms with Gasteiger partial charge in [-0.05, 0) is 18.2 Å². The minimum Gasteiger partial charge on any atom is -0.508 e. The lowest BCUT2D eigenvalue weighted by molar-refractivity contribution is 0.472. The number of hydrogen-bond donors (Lipinski definition) is 1. The predicted molar refractivity (Wildman–Crippen MR) is 37.6 cm³/mol. The average Bonchev–Trinajstić information content (AvgIpc) is 1.94. The fourth-order valence-corrected chi connectivity index (χ4v) is 0.868. The number of aromatic hydroxyl groups is 1. The lowest BCUT2D eigenvalue weighted by Crippen LogP contribution is -1.83. The highest BCUT2D eigenvalue weighted by molar-refractivity contribution is 6.17. The Hall–Kier alpha value is -0.760. The van der Waals surface area contributed by atoms with Crippen LogP contribution in [0, 0.1) is 5.82 Å². The fraction of sp³-hybridized carbons (Fsp3) is 0.143. The normalized spacial score (nSPS) is 9.80. The van der Waals surface area contributed by atoms with Gasteiger partial charge < -0.3 is 5.11 Å². The fourth-order valence-electron chi connectivity index (χ4n) is 0.664. The third-order valence-corrected chi connectivity index (χ3v) is 1.46. The van der Waals surface area contributed by atoms with Crippen LogP contribution in [-0.2, 0) is 5.88 Å². The van der Waals surface area contributed by atoms with Gasteiger partial charge in [-0.1, -0.05) is 0 Å². The van der Waals surface area contributed by atoms with E-state index in [1.165, 1.54) is 18.2 Å². The van der Waals surface area contributed by atoms with Crippen LogP contribution in [0.5, 0.6) is 5.75 Å². The molecule has 1 N–H and O–H groups in total. The quantitative estimate of drug-likeness (QED) is 0.625. The molecule has 0 aliphatic rings. The first-order chi connectivity index (χ1) is 4.74. The zero-order chi connectivity index (χ0) is 7.56. The topological polar surface area (TPSA) is 20.2 Å². The first-order valence-electron chi connectivity index (χ1n) is 2.77. The Labute approximate surface area is 63.1 Å². The number of phenols is 1. The van der Waals surface area contributed by atoms with Crippen molar-refractivity contribution < 1.29 is 9.50 Å². The molecular formula is C7H6ClFO. The van der Waals surface area contributed by atoms with Crippen LogP contribution in [0.2, 0.25) is 0 Å². The second-order valence-electron chi connectivity index (χ2n) is 1.91. The molecule has 0 radical (unpaired) electrons. The number of halogens is 2. The summed E-state index contributed by atoms with van der Waals surface area (Å²) in [5.74, 6) is -0.259. The first kappa shape index (κ1) is 7.35. The molecule has 0 atom stereocenters. The monoisotopic (exact) mass is 160 g/mol. The minimum atomic E-state index is -0.382. The predicted octanol–water partition coefficient (Wildman–Crippen LogP) is 2.27. The van der Waals surface area contributed by atoms with Gasteiger partial charge in [-0.2, -0.15) is 0 Å². The summed E-state index contributed by atoms with van der Waals surface area (Å²) in [6.07, 6.45) is 0. The molecule has 0 unspecified atom stereocenters. The Kier molecular flexibility index (Phi) is 2.12. The Bertz CT molecular complexity index is 237. The van der Waals surface area contributed by atoms with Gasteiger partial charge in [0.2, 0.25) is 0 Å². The smallest absolute Gasteiger partial charge is 0.127 e. The standard InChI is InChI=1S/C7H6ClFO/c8-4-5-3-6(10)1-2-7(5)9/h1-3,10H,4H2. The van der Waals surface area contributed by atoms with Crippen molar-refractivity contribution in [3.05, 3.63) is 29.6 Å². The van der Waals surface area contributed by atoms with E-state index in [2.05, 4.69) is 0 Å². The maximum absolute atomic E-state index is 12.6. The molecular weight excluding hydrogens is 155 g/mol. The lowest BCUT2D eigenvalue weighted by Gasteiger charge is -1.97. The zero-order valence-electron chi connectivity index (χ0n) is 5.14. The minimum absolute atomic E-state index is 0.0389. The molecule has 0 bridgehead atoms. The molecule has 0 amide bonds. The van der Waals surface area contributed by atoms with Gasteiger partial charge in [0.25, 0.3) is 0 Å². The molecule has 10 heavy (non-hydrogen) atoms. The molecule has 0 aromatic heterocycles. The third-order valence-electron chi connectivity index (χ3n) is 1.17. The van der Waals surface area contributed by atoms with Gasteiger partial charge in [0.1, 0.15) is 11.6 Å². The average molecular weight is 161 g/mol. The summed E-state index contributed by atoms with van der Waals surface area (Å²) in [7, 11) is 0. The summed E-state index contributed by atoms with van der Waals surface area (Å²) < 4.78 is 12.6. The Morgan fingerprint density at radius 1 is 1.50 bits per heavy atom. The summed E-state index contributed by atoms with van der Waals surface area (Å²) in [6, 6.07) is 3.78. The van der Waals surface area contributed by atoms with E-state index < -0.39 is 0 Å². The highest BCUT2D eigenvalue weighted by atomic mass is 35.5. The van der Waals surface area contributed by atoms with Crippen LogP contribution in [0.25, 0.3) is 0 Å². The van der Waals surface area contributed by atoms with Crippen LogP contribution in [0.15, 0.2) is 18.2 Å². The van der Waals surface area contributed by atoms with Crippen molar-refractivity contribution in [2.24, 2.45) is 0 Å². The van der Waals surface area contributed by atoms with Gasteiger partial charge in [-0.15, -0.1) is 11.6 Å². The lowest BCUT2D eigenvalue weighted by atomic mass is 10.2. The van der Waals surface area contributed by atoms with Gasteiger partial charge >= 0.3 is 0 Å². The summed E-state index contributed by atoms with van der Waals surface area (Å²) in [5, 5.41) is 8.84. The van der Waals surface area contributed by atoms with E-state index in [1.807, 2.05) is 0 Å². The summed E-state index contributed by atoms with van der Waals surface area (Å²) in [6.45, 7) is 0. The van der Waals surface area contributed by atoms with Gasteiger partial charge in [0.15, 0.2) is 0 Å². The number of benzene rings is 1. The Morgan fingerprint density at radius 2 is 2.20 bits per heavy atom. The molecule has 0 saturated heterocycles. The van der Waals surface area contributed by atoms with E-state index in [4.69, 9.17) is 16.7 Å². The molecule has 0 aliphatic carbocycles. The molecule has 1 nitrogen and oxygen atoms in total. The van der Waals surface area contributed by atoms with Crippen molar-refractivity contribution in [2.45, 2.75) is 5.88 Å². The van der Waals surface area contributed by atoms with Crippen molar-refractivity contribution in [1.29, 1.82) is 0 Å². The van der Waals surface area contributed by atoms with Crippen LogP contribution >= 0.6 is 11.6 Å². The van der Waals surface area contributed by atoms with E-state index >= 15 is 0 Å². The van der Waals surface area contributed by atoms with Crippen molar-refractivity contribution >= 4 is 11.6 Å². The number of alkyl halides is 1. The summed E-state index contributed by atoms with van der Waals surface area (Å²) in [5.41, 5.74) is 0.321. The van der Waals surface area contributed by atoms with E-state index in [0.717, 1.165) is 0 Å². The Balaban J connectivity index is 3.09. The van der Waals surface area contributed by atoms with Crippen LogP contribution in [0.4, 0.5) is 4.39 Å². The molecule has 54 valence electrons. The van der Waals surface area contributed by atoms with E-state index in [9.17, 15) is 4.39 Å². The molecule has 0 spiro atoms. The summed E-state index contributed by atoms with van der Waals surface area (Å²) in [4.78, 5) is 0. The van der Waals surface area contributed by atoms with E-state index in [-0.39, 0.29) is 17.4 Å². The van der Waals surface area contributed by atoms with E-state index in [1.54, 1.807) is 0 Å². The van der Waals surface area contributed by atoms with Gasteiger partial charge in [-0.25, -0.2) is 4.39 Å². The maximum Gasteiger partial charge on any atom is 0.127 e. The van der Waals surface area contributed by atoms with Crippen LogP contribution in [0.3, 0.4) is 0 Å². The van der Waals surface area contributed by atoms with E-state index in [0.29, 0.717) is 5.56 Å². The van der Waals surface area contributed by atoms with Gasteiger partial charge in [-0.3, -0.25) is 0 Å². The number of rotatable bonds is 1. The molecule has 0 saturated carbocycles. The van der Waals surface area contributed by atoms with Gasteiger partial charge in [0.05, 0.1) is 5.88 Å². The first-order valence-corrected chi connectivity index (χ1v) is 3.31. The molecule has 0 fully saturated rings. The molecule has 1 aromatic rings. The second-order valence-corrected chi connectivity index (χ2v) is 2.18. The van der Waals surface area contributed by atoms with Crippen molar-refractivity contribution in [3.63, 3.8) is 0 Å². The largest absolute Gasteiger partial charge is 0.508 e. The van der Waals surface area contributed by atoms with Crippen molar-refractivity contribution in [1.82, 2.24) is 0 Å². The van der Waals surface area contributed by atoms with Crippen molar-refractivity contribution in [2.75, 3.05) is 0 Å². The highest BCUT2D eigenvalue weighted by Crippen LogP contribution is 2.16. The van der Waals surface area contributed by atoms with Gasteiger partial charge in [0, 0.05) is 5.56 Å². The molecule has 1 rings (SSSR count). The molecule has 0 aliphatic heterocycles. The van der Waals surface area contributed by atoms with Crippen LogP contribution in [0.1, 0.15) is 5.56 Å². The zero-order valence-corrected chi connectivity index (χ0v) is 5.90. The third kappa shape index (κ3) is 1.39. The highest BCUT2D eigenvalue weighted by Gasteiger charge is 1.99. The molecule has 1 aromatic carbocycles. The maximum atomic E-state index is 12.6. The van der Waals surface area contributed by atoms with Crippen LogP contribution < -0.4 is 0 Å². The van der Waals surface area contributed by atoms with Crippen LogP contribution in [-0.4, -0.2) is 5.11 Å². The second kappa shape index (κ2) is 2.88. The SMILES string of the molecule is Oc1ccc(F)c(CCl)c1. The molecule has 3 heteroatoms.